The molecule has 1 unspecified atom stereocenters. The Hall–Kier alpha value is -2.13. The maximum Gasteiger partial charge on any atom is 0.328 e. The van der Waals surface area contributed by atoms with Gasteiger partial charge in [0.1, 0.15) is 5.54 Å². The first kappa shape index (κ1) is 13.8. The first-order valence-electron chi connectivity index (χ1n) is 7.24. The summed E-state index contributed by atoms with van der Waals surface area (Å²) < 4.78 is 0. The SMILES string of the molecule is Cc1ccc2c(c1)C(NCc1ccccc1)(C(=O)O)CC2. The van der Waals surface area contributed by atoms with Crippen molar-refractivity contribution in [3.63, 3.8) is 0 Å². The first-order chi connectivity index (χ1) is 10.1. The molecule has 1 aliphatic carbocycles. The zero-order chi connectivity index (χ0) is 14.9. The van der Waals surface area contributed by atoms with Gasteiger partial charge in [-0.15, -0.1) is 0 Å². The summed E-state index contributed by atoms with van der Waals surface area (Å²) in [6.07, 6.45) is 1.41. The van der Waals surface area contributed by atoms with Crippen molar-refractivity contribution in [3.05, 3.63) is 70.8 Å². The van der Waals surface area contributed by atoms with E-state index in [4.69, 9.17) is 0 Å². The standard InChI is InChI=1S/C18H19NO2/c1-13-7-8-15-9-10-18(17(20)21,16(15)11-13)19-12-14-5-3-2-4-6-14/h2-8,11,19H,9-10,12H2,1H3,(H,20,21). The second-order valence-corrected chi connectivity index (χ2v) is 5.71. The minimum absolute atomic E-state index is 0.556. The van der Waals surface area contributed by atoms with Gasteiger partial charge in [0.25, 0.3) is 0 Å². The Bertz CT molecular complexity index is 666. The van der Waals surface area contributed by atoms with Crippen LogP contribution in [0.25, 0.3) is 0 Å². The van der Waals surface area contributed by atoms with Gasteiger partial charge >= 0.3 is 5.97 Å². The summed E-state index contributed by atoms with van der Waals surface area (Å²) in [4.78, 5) is 12.0. The minimum atomic E-state index is -0.961. The lowest BCUT2D eigenvalue weighted by atomic mass is 9.90. The van der Waals surface area contributed by atoms with Gasteiger partial charge in [0.05, 0.1) is 0 Å². The van der Waals surface area contributed by atoms with Crippen molar-refractivity contribution in [1.29, 1.82) is 0 Å². The highest BCUT2D eigenvalue weighted by Gasteiger charge is 2.45. The monoisotopic (exact) mass is 281 g/mol. The number of aryl methyl sites for hydroxylation is 2. The number of hydrogen-bond acceptors (Lipinski definition) is 2. The Labute approximate surface area is 124 Å². The average Bonchev–Trinajstić information content (AvgIpc) is 2.85. The molecule has 3 heteroatoms. The van der Waals surface area contributed by atoms with Crippen LogP contribution in [0.2, 0.25) is 0 Å². The van der Waals surface area contributed by atoms with Crippen LogP contribution in [-0.2, 0) is 23.3 Å². The molecule has 2 aromatic carbocycles. The van der Waals surface area contributed by atoms with Crippen LogP contribution < -0.4 is 5.32 Å². The molecule has 21 heavy (non-hydrogen) atoms. The third-order valence-electron chi connectivity index (χ3n) is 4.30. The highest BCUT2D eigenvalue weighted by Crippen LogP contribution is 2.38. The molecule has 0 radical (unpaired) electrons. The number of rotatable bonds is 4. The molecule has 0 saturated heterocycles. The third-order valence-corrected chi connectivity index (χ3v) is 4.30. The number of fused-ring (bicyclic) bond motifs is 1. The van der Waals surface area contributed by atoms with Gasteiger partial charge in [0.2, 0.25) is 0 Å². The number of hydrogen-bond donors (Lipinski definition) is 2. The summed E-state index contributed by atoms with van der Waals surface area (Å²) in [5, 5.41) is 13.1. The third kappa shape index (κ3) is 2.45. The molecule has 0 amide bonds. The molecule has 2 N–H and O–H groups in total. The van der Waals surface area contributed by atoms with Gasteiger partial charge in [-0.2, -0.15) is 0 Å². The first-order valence-corrected chi connectivity index (χ1v) is 7.24. The molecule has 0 heterocycles. The van der Waals surface area contributed by atoms with Crippen molar-refractivity contribution in [3.8, 4) is 0 Å². The minimum Gasteiger partial charge on any atom is -0.480 e. The fraction of sp³-hybridized carbons (Fsp3) is 0.278. The molecule has 2 aromatic rings. The van der Waals surface area contributed by atoms with Gasteiger partial charge in [-0.05, 0) is 36.5 Å². The fourth-order valence-corrected chi connectivity index (χ4v) is 3.09. The van der Waals surface area contributed by atoms with E-state index in [1.807, 2.05) is 49.4 Å². The maximum atomic E-state index is 12.0. The molecule has 0 fully saturated rings. The Morgan fingerprint density at radius 1 is 1.24 bits per heavy atom. The quantitative estimate of drug-likeness (QED) is 0.905. The predicted octanol–water partition coefficient (Wildman–Crippen LogP) is 3.01. The van der Waals surface area contributed by atoms with Gasteiger partial charge < -0.3 is 5.11 Å². The second-order valence-electron chi connectivity index (χ2n) is 5.71. The molecule has 108 valence electrons. The van der Waals surface area contributed by atoms with Crippen molar-refractivity contribution in [2.75, 3.05) is 0 Å². The van der Waals surface area contributed by atoms with E-state index < -0.39 is 11.5 Å². The summed E-state index contributed by atoms with van der Waals surface area (Å²) in [7, 11) is 0. The Kier molecular flexibility index (Phi) is 3.52. The smallest absolute Gasteiger partial charge is 0.328 e. The molecule has 1 atom stereocenters. The summed E-state index contributed by atoms with van der Waals surface area (Å²) in [5.74, 6) is -0.789. The van der Waals surface area contributed by atoms with Crippen LogP contribution in [0.5, 0.6) is 0 Å². The van der Waals surface area contributed by atoms with E-state index in [0.29, 0.717) is 13.0 Å². The Balaban J connectivity index is 1.93. The number of carboxylic acids is 1. The predicted molar refractivity (Wildman–Crippen MR) is 82.1 cm³/mol. The number of nitrogens with one attached hydrogen (secondary N) is 1. The van der Waals surface area contributed by atoms with Crippen LogP contribution in [0, 0.1) is 6.92 Å². The molecular formula is C18H19NO2. The summed E-state index contributed by atoms with van der Waals surface area (Å²) in [6.45, 7) is 2.56. The van der Waals surface area contributed by atoms with Crippen LogP contribution in [0.3, 0.4) is 0 Å². The zero-order valence-corrected chi connectivity index (χ0v) is 12.1. The Morgan fingerprint density at radius 3 is 2.71 bits per heavy atom. The van der Waals surface area contributed by atoms with E-state index in [-0.39, 0.29) is 0 Å². The topological polar surface area (TPSA) is 49.3 Å². The van der Waals surface area contributed by atoms with Crippen molar-refractivity contribution < 1.29 is 9.90 Å². The summed E-state index contributed by atoms with van der Waals surface area (Å²) in [5.41, 5.74) is 3.30. The summed E-state index contributed by atoms with van der Waals surface area (Å²) in [6, 6.07) is 16.0. The second kappa shape index (κ2) is 5.34. The molecule has 0 aromatic heterocycles. The number of aliphatic carboxylic acids is 1. The zero-order valence-electron chi connectivity index (χ0n) is 12.1. The maximum absolute atomic E-state index is 12.0. The van der Waals surface area contributed by atoms with Crippen LogP contribution in [0.15, 0.2) is 48.5 Å². The largest absolute Gasteiger partial charge is 0.480 e. The van der Waals surface area contributed by atoms with Crippen molar-refractivity contribution in [2.24, 2.45) is 0 Å². The summed E-state index contributed by atoms with van der Waals surface area (Å²) >= 11 is 0. The van der Waals surface area contributed by atoms with Gasteiger partial charge in [-0.1, -0.05) is 54.1 Å². The van der Waals surface area contributed by atoms with Crippen LogP contribution in [0.4, 0.5) is 0 Å². The molecule has 0 bridgehead atoms. The van der Waals surface area contributed by atoms with Crippen molar-refractivity contribution >= 4 is 5.97 Å². The molecule has 0 spiro atoms. The van der Waals surface area contributed by atoms with Crippen LogP contribution in [0.1, 0.15) is 28.7 Å². The highest BCUT2D eigenvalue weighted by atomic mass is 16.4. The van der Waals surface area contributed by atoms with Gasteiger partial charge in [0, 0.05) is 6.54 Å². The molecule has 0 aliphatic heterocycles. The molecule has 1 aliphatic rings. The van der Waals surface area contributed by atoms with Crippen LogP contribution >= 0.6 is 0 Å². The van der Waals surface area contributed by atoms with E-state index in [0.717, 1.165) is 28.7 Å². The molecular weight excluding hydrogens is 262 g/mol. The van der Waals surface area contributed by atoms with E-state index in [9.17, 15) is 9.90 Å². The lowest BCUT2D eigenvalue weighted by molar-refractivity contribution is -0.145. The normalized spacial score (nSPS) is 20.2. The number of carbonyl (C=O) groups is 1. The van der Waals surface area contributed by atoms with E-state index in [1.54, 1.807) is 0 Å². The van der Waals surface area contributed by atoms with Gasteiger partial charge in [0.15, 0.2) is 0 Å². The van der Waals surface area contributed by atoms with E-state index >= 15 is 0 Å². The van der Waals surface area contributed by atoms with E-state index in [1.165, 1.54) is 0 Å². The molecule has 3 nitrogen and oxygen atoms in total. The average molecular weight is 281 g/mol. The Morgan fingerprint density at radius 2 is 2.00 bits per heavy atom. The van der Waals surface area contributed by atoms with Gasteiger partial charge in [-0.3, -0.25) is 5.32 Å². The highest BCUT2D eigenvalue weighted by molar-refractivity contribution is 5.82. The van der Waals surface area contributed by atoms with Crippen LogP contribution in [-0.4, -0.2) is 11.1 Å². The van der Waals surface area contributed by atoms with Crippen molar-refractivity contribution in [1.82, 2.24) is 5.32 Å². The van der Waals surface area contributed by atoms with E-state index in [2.05, 4.69) is 11.4 Å². The lowest BCUT2D eigenvalue weighted by Gasteiger charge is -2.27. The number of carboxylic acid groups (broad SMARTS) is 1. The molecule has 0 saturated carbocycles. The molecule has 3 rings (SSSR count). The fourth-order valence-electron chi connectivity index (χ4n) is 3.09. The van der Waals surface area contributed by atoms with Gasteiger partial charge in [-0.25, -0.2) is 4.79 Å². The van der Waals surface area contributed by atoms with Crippen molar-refractivity contribution in [2.45, 2.75) is 31.8 Å². The lowest BCUT2D eigenvalue weighted by Crippen LogP contribution is -2.47. The number of benzene rings is 2.